The highest BCUT2D eigenvalue weighted by Crippen LogP contribution is 2.23. The highest BCUT2D eigenvalue weighted by atomic mass is 35.5. The van der Waals surface area contributed by atoms with Gasteiger partial charge < -0.3 is 5.11 Å². The molecule has 0 saturated carbocycles. The second-order valence-corrected chi connectivity index (χ2v) is 7.34. The van der Waals surface area contributed by atoms with Crippen molar-refractivity contribution in [2.75, 3.05) is 5.75 Å². The van der Waals surface area contributed by atoms with Crippen LogP contribution in [0.1, 0.15) is 32.4 Å². The van der Waals surface area contributed by atoms with Crippen molar-refractivity contribution in [1.29, 1.82) is 0 Å². The van der Waals surface area contributed by atoms with Crippen LogP contribution < -0.4 is 4.72 Å². The first-order chi connectivity index (χ1) is 8.11. The third-order valence-electron chi connectivity index (χ3n) is 2.10. The quantitative estimate of drug-likeness (QED) is 0.893. The van der Waals surface area contributed by atoms with Gasteiger partial charge in [-0.2, -0.15) is 0 Å². The van der Waals surface area contributed by atoms with Gasteiger partial charge >= 0.3 is 0 Å². The Morgan fingerprint density at radius 2 is 1.89 bits per heavy atom. The fourth-order valence-corrected chi connectivity index (χ4v) is 3.42. The third-order valence-corrected chi connectivity index (χ3v) is 4.13. The summed E-state index contributed by atoms with van der Waals surface area (Å²) in [6, 6.07) is 6.65. The van der Waals surface area contributed by atoms with E-state index in [0.717, 1.165) is 0 Å². The summed E-state index contributed by atoms with van der Waals surface area (Å²) in [5.74, 6) is -0.409. The maximum absolute atomic E-state index is 11.8. The van der Waals surface area contributed by atoms with Crippen molar-refractivity contribution in [3.63, 3.8) is 0 Å². The Morgan fingerprint density at radius 1 is 1.33 bits per heavy atom. The largest absolute Gasteiger partial charge is 0.387 e. The number of aliphatic hydroxyl groups is 1. The van der Waals surface area contributed by atoms with E-state index in [0.29, 0.717) is 10.6 Å². The number of rotatable bonds is 4. The third kappa shape index (κ3) is 4.94. The van der Waals surface area contributed by atoms with E-state index >= 15 is 0 Å². The summed E-state index contributed by atoms with van der Waals surface area (Å²) in [6.45, 7) is 5.23. The summed E-state index contributed by atoms with van der Waals surface area (Å²) >= 11 is 5.91. The van der Waals surface area contributed by atoms with Crippen LogP contribution in [0.25, 0.3) is 0 Å². The average Bonchev–Trinajstić information content (AvgIpc) is 2.12. The second kappa shape index (κ2) is 5.57. The minimum absolute atomic E-state index is 0.357. The normalized spacial score (nSPS) is 14.5. The Bertz CT molecular complexity index is 508. The van der Waals surface area contributed by atoms with Crippen LogP contribution >= 0.6 is 11.6 Å². The first kappa shape index (κ1) is 15.4. The summed E-state index contributed by atoms with van der Waals surface area (Å²) in [5.41, 5.74) is -0.155. The molecule has 0 bridgehead atoms. The first-order valence-electron chi connectivity index (χ1n) is 5.55. The van der Waals surface area contributed by atoms with Crippen LogP contribution in [-0.4, -0.2) is 24.8 Å². The molecule has 1 unspecified atom stereocenters. The molecule has 0 heterocycles. The van der Waals surface area contributed by atoms with E-state index in [1.807, 2.05) is 0 Å². The molecule has 0 aromatic heterocycles. The molecule has 1 atom stereocenters. The molecule has 1 rings (SSSR count). The molecule has 1 aromatic rings. The van der Waals surface area contributed by atoms with Gasteiger partial charge in [0.05, 0.1) is 11.9 Å². The van der Waals surface area contributed by atoms with Crippen molar-refractivity contribution < 1.29 is 13.5 Å². The summed E-state index contributed by atoms with van der Waals surface area (Å²) < 4.78 is 26.1. The number of hydrogen-bond donors (Lipinski definition) is 2. The van der Waals surface area contributed by atoms with Gasteiger partial charge in [0.15, 0.2) is 0 Å². The van der Waals surface area contributed by atoms with Crippen LogP contribution in [0.4, 0.5) is 0 Å². The van der Waals surface area contributed by atoms with E-state index in [-0.39, 0.29) is 0 Å². The topological polar surface area (TPSA) is 66.4 Å². The fourth-order valence-electron chi connectivity index (χ4n) is 1.55. The summed E-state index contributed by atoms with van der Waals surface area (Å²) in [4.78, 5) is 0. The average molecular weight is 292 g/mol. The van der Waals surface area contributed by atoms with Crippen LogP contribution in [0, 0.1) is 0 Å². The molecule has 0 saturated heterocycles. The van der Waals surface area contributed by atoms with Crippen LogP contribution in [0.3, 0.4) is 0 Å². The number of nitrogens with one attached hydrogen (secondary N) is 1. The summed E-state index contributed by atoms with van der Waals surface area (Å²) in [5, 5.41) is 10.3. The molecule has 0 spiro atoms. The van der Waals surface area contributed by atoms with Crippen molar-refractivity contribution >= 4 is 21.6 Å². The molecule has 0 aliphatic rings. The molecule has 0 amide bonds. The lowest BCUT2D eigenvalue weighted by Gasteiger charge is -2.22. The van der Waals surface area contributed by atoms with Gasteiger partial charge in [-0.15, -0.1) is 0 Å². The first-order valence-corrected chi connectivity index (χ1v) is 7.58. The van der Waals surface area contributed by atoms with Gasteiger partial charge in [-0.3, -0.25) is 0 Å². The van der Waals surface area contributed by atoms with Crippen molar-refractivity contribution in [3.05, 3.63) is 34.9 Å². The van der Waals surface area contributed by atoms with Crippen LogP contribution in [0.2, 0.25) is 5.02 Å². The maximum atomic E-state index is 11.8. The van der Waals surface area contributed by atoms with Gasteiger partial charge in [-0.05, 0) is 26.8 Å². The Hall–Kier alpha value is -0.620. The van der Waals surface area contributed by atoms with Gasteiger partial charge in [0.1, 0.15) is 0 Å². The number of hydrogen-bond acceptors (Lipinski definition) is 3. The van der Waals surface area contributed by atoms with Gasteiger partial charge in [-0.1, -0.05) is 29.8 Å². The SMILES string of the molecule is CC(C)(C)NS(=O)(=O)CC(O)c1ccccc1Cl. The number of aliphatic hydroxyl groups excluding tert-OH is 1. The lowest BCUT2D eigenvalue weighted by molar-refractivity contribution is 0.201. The fraction of sp³-hybridized carbons (Fsp3) is 0.500. The molecule has 2 N–H and O–H groups in total. The Morgan fingerprint density at radius 3 is 2.39 bits per heavy atom. The molecule has 0 fully saturated rings. The van der Waals surface area contributed by atoms with Gasteiger partial charge in [0, 0.05) is 16.1 Å². The van der Waals surface area contributed by atoms with Crippen LogP contribution in [0.15, 0.2) is 24.3 Å². The van der Waals surface area contributed by atoms with Gasteiger partial charge in [-0.25, -0.2) is 13.1 Å². The van der Waals surface area contributed by atoms with Gasteiger partial charge in [0.2, 0.25) is 10.0 Å². The zero-order valence-electron chi connectivity index (χ0n) is 10.6. The zero-order chi connectivity index (χ0) is 14.0. The van der Waals surface area contributed by atoms with E-state index in [1.54, 1.807) is 45.0 Å². The van der Waals surface area contributed by atoms with Crippen molar-refractivity contribution in [2.45, 2.75) is 32.4 Å². The predicted molar refractivity (Wildman–Crippen MR) is 73.1 cm³/mol. The summed E-state index contributed by atoms with van der Waals surface area (Å²) in [6.07, 6.45) is -1.14. The molecule has 1 aromatic carbocycles. The highest BCUT2D eigenvalue weighted by Gasteiger charge is 2.24. The number of benzene rings is 1. The number of sulfonamides is 1. The molecule has 6 heteroatoms. The molecular weight excluding hydrogens is 274 g/mol. The molecule has 0 aliphatic heterocycles. The van der Waals surface area contributed by atoms with E-state index in [1.165, 1.54) is 0 Å². The zero-order valence-corrected chi connectivity index (χ0v) is 12.2. The minimum Gasteiger partial charge on any atom is -0.387 e. The highest BCUT2D eigenvalue weighted by molar-refractivity contribution is 7.89. The lowest BCUT2D eigenvalue weighted by Crippen LogP contribution is -2.42. The van der Waals surface area contributed by atoms with Gasteiger partial charge in [0.25, 0.3) is 0 Å². The van der Waals surface area contributed by atoms with E-state index < -0.39 is 27.4 Å². The van der Waals surface area contributed by atoms with E-state index in [4.69, 9.17) is 11.6 Å². The summed E-state index contributed by atoms with van der Waals surface area (Å²) in [7, 11) is -3.56. The predicted octanol–water partition coefficient (Wildman–Crippen LogP) is 2.09. The molecule has 102 valence electrons. The molecule has 0 radical (unpaired) electrons. The number of halogens is 1. The molecule has 18 heavy (non-hydrogen) atoms. The smallest absolute Gasteiger partial charge is 0.214 e. The van der Waals surface area contributed by atoms with Crippen molar-refractivity contribution in [3.8, 4) is 0 Å². The van der Waals surface area contributed by atoms with E-state index in [2.05, 4.69) is 4.72 Å². The van der Waals surface area contributed by atoms with Crippen LogP contribution in [-0.2, 0) is 10.0 Å². The Labute approximate surface area is 113 Å². The minimum atomic E-state index is -3.56. The second-order valence-electron chi connectivity index (χ2n) is 5.17. The van der Waals surface area contributed by atoms with Crippen molar-refractivity contribution in [2.24, 2.45) is 0 Å². The monoisotopic (exact) mass is 291 g/mol. The Kier molecular flexibility index (Phi) is 4.78. The van der Waals surface area contributed by atoms with Crippen LogP contribution in [0.5, 0.6) is 0 Å². The van der Waals surface area contributed by atoms with Crippen molar-refractivity contribution in [1.82, 2.24) is 4.72 Å². The lowest BCUT2D eigenvalue weighted by atomic mass is 10.1. The Balaban J connectivity index is 2.83. The molecule has 0 aliphatic carbocycles. The maximum Gasteiger partial charge on any atom is 0.214 e. The standard InChI is InChI=1S/C12H18ClNO3S/c1-12(2,3)14-18(16,17)8-11(15)9-6-4-5-7-10(9)13/h4-7,11,14-15H,8H2,1-3H3. The van der Waals surface area contributed by atoms with E-state index in [9.17, 15) is 13.5 Å². The molecule has 4 nitrogen and oxygen atoms in total. The molecular formula is C12H18ClNO3S.